The molecule has 4 nitrogen and oxygen atoms in total. The zero-order valence-corrected chi connectivity index (χ0v) is 13.2. The molecule has 1 aromatic rings. The van der Waals surface area contributed by atoms with Crippen molar-refractivity contribution in [3.8, 4) is 0 Å². The summed E-state index contributed by atoms with van der Waals surface area (Å²) in [7, 11) is 0. The Morgan fingerprint density at radius 2 is 2.10 bits per heavy atom. The first-order chi connectivity index (χ1) is 9.81. The van der Waals surface area contributed by atoms with E-state index in [4.69, 9.17) is 4.99 Å². The molecule has 4 heteroatoms. The van der Waals surface area contributed by atoms with Crippen molar-refractivity contribution in [2.75, 3.05) is 5.32 Å². The Hall–Kier alpha value is -1.32. The van der Waals surface area contributed by atoms with Crippen LogP contribution in [0.4, 0.5) is 5.82 Å². The van der Waals surface area contributed by atoms with Gasteiger partial charge in [-0.25, -0.2) is 4.98 Å². The predicted molar refractivity (Wildman–Crippen MR) is 87.3 cm³/mol. The second-order valence-corrected chi connectivity index (χ2v) is 5.38. The molecular weight excluding hydrogens is 248 g/mol. The van der Waals surface area contributed by atoms with E-state index in [1.54, 1.807) is 12.5 Å². The summed E-state index contributed by atoms with van der Waals surface area (Å²) in [5.74, 6) is 1.59. The van der Waals surface area contributed by atoms with Crippen LogP contribution in [0.2, 0.25) is 0 Å². The molecule has 0 saturated carbocycles. The van der Waals surface area contributed by atoms with Crippen LogP contribution in [0.5, 0.6) is 0 Å². The van der Waals surface area contributed by atoms with Gasteiger partial charge in [0.25, 0.3) is 0 Å². The third-order valence-electron chi connectivity index (χ3n) is 3.90. The number of imidazole rings is 1. The molecule has 1 heterocycles. The lowest BCUT2D eigenvalue weighted by molar-refractivity contribution is 0.362. The standard InChI is InChI=1S/C16H30N4/c1-4-7-8-9-10-14(5-2)15(6-3)18-13-20-16-11-17-12-19-16/h11-15H,4-10H2,1-3H3,(H,17,19)(H,18,20). The number of hydrogen-bond donors (Lipinski definition) is 2. The lowest BCUT2D eigenvalue weighted by Gasteiger charge is -2.21. The fourth-order valence-electron chi connectivity index (χ4n) is 2.60. The maximum absolute atomic E-state index is 4.70. The first-order valence-electron chi connectivity index (χ1n) is 8.08. The van der Waals surface area contributed by atoms with Gasteiger partial charge in [-0.15, -0.1) is 0 Å². The fourth-order valence-corrected chi connectivity index (χ4v) is 2.60. The van der Waals surface area contributed by atoms with Crippen LogP contribution in [-0.4, -0.2) is 22.3 Å². The number of nitrogens with zero attached hydrogens (tertiary/aromatic N) is 2. The van der Waals surface area contributed by atoms with Crippen molar-refractivity contribution in [1.29, 1.82) is 0 Å². The number of aromatic nitrogens is 2. The molecule has 0 saturated heterocycles. The molecule has 1 aromatic heterocycles. The van der Waals surface area contributed by atoms with E-state index in [9.17, 15) is 0 Å². The third-order valence-corrected chi connectivity index (χ3v) is 3.90. The molecule has 20 heavy (non-hydrogen) atoms. The molecule has 0 aliphatic carbocycles. The Bertz CT molecular complexity index is 345. The number of rotatable bonds is 11. The summed E-state index contributed by atoms with van der Waals surface area (Å²) in [6.45, 7) is 6.77. The molecule has 2 N–H and O–H groups in total. The van der Waals surface area contributed by atoms with E-state index in [0.29, 0.717) is 12.0 Å². The molecule has 0 aromatic carbocycles. The van der Waals surface area contributed by atoms with E-state index in [0.717, 1.165) is 12.2 Å². The van der Waals surface area contributed by atoms with Gasteiger partial charge in [-0.05, 0) is 18.8 Å². The van der Waals surface area contributed by atoms with Crippen LogP contribution in [0.25, 0.3) is 0 Å². The molecule has 2 atom stereocenters. The molecule has 0 bridgehead atoms. The van der Waals surface area contributed by atoms with Crippen LogP contribution in [0.3, 0.4) is 0 Å². The van der Waals surface area contributed by atoms with Gasteiger partial charge in [0, 0.05) is 0 Å². The largest absolute Gasteiger partial charge is 0.332 e. The third kappa shape index (κ3) is 6.22. The quantitative estimate of drug-likeness (QED) is 0.352. The van der Waals surface area contributed by atoms with E-state index in [-0.39, 0.29) is 0 Å². The molecule has 0 aliphatic rings. The second-order valence-electron chi connectivity index (χ2n) is 5.38. The topological polar surface area (TPSA) is 53.1 Å². The van der Waals surface area contributed by atoms with E-state index in [2.05, 4.69) is 36.1 Å². The molecule has 0 spiro atoms. The number of nitrogens with one attached hydrogen (secondary N) is 2. The first kappa shape index (κ1) is 16.7. The van der Waals surface area contributed by atoms with Crippen LogP contribution < -0.4 is 5.32 Å². The fraction of sp³-hybridized carbons (Fsp3) is 0.750. The number of aromatic amines is 1. The van der Waals surface area contributed by atoms with Gasteiger partial charge >= 0.3 is 0 Å². The van der Waals surface area contributed by atoms with Crippen LogP contribution in [0.15, 0.2) is 17.5 Å². The summed E-state index contributed by atoms with van der Waals surface area (Å²) in [6.07, 6.45) is 14.2. The Morgan fingerprint density at radius 1 is 1.25 bits per heavy atom. The molecule has 0 radical (unpaired) electrons. The van der Waals surface area contributed by atoms with E-state index < -0.39 is 0 Å². The highest BCUT2D eigenvalue weighted by Crippen LogP contribution is 2.22. The van der Waals surface area contributed by atoms with Gasteiger partial charge < -0.3 is 10.3 Å². The van der Waals surface area contributed by atoms with Gasteiger partial charge in [0.05, 0.1) is 24.9 Å². The maximum atomic E-state index is 4.70. The highest BCUT2D eigenvalue weighted by Gasteiger charge is 2.16. The number of aliphatic imine (C=N–C) groups is 1. The van der Waals surface area contributed by atoms with Crippen molar-refractivity contribution in [3.63, 3.8) is 0 Å². The summed E-state index contributed by atoms with van der Waals surface area (Å²) in [5.41, 5.74) is 0. The Morgan fingerprint density at radius 3 is 2.70 bits per heavy atom. The summed E-state index contributed by atoms with van der Waals surface area (Å²) in [5, 5.41) is 3.14. The first-order valence-corrected chi connectivity index (χ1v) is 8.08. The lowest BCUT2D eigenvalue weighted by Crippen LogP contribution is -2.18. The zero-order chi connectivity index (χ0) is 14.6. The molecule has 114 valence electrons. The van der Waals surface area contributed by atoms with Crippen molar-refractivity contribution in [2.24, 2.45) is 10.9 Å². The van der Waals surface area contributed by atoms with Gasteiger partial charge in [0.2, 0.25) is 0 Å². The van der Waals surface area contributed by atoms with Crippen LogP contribution in [-0.2, 0) is 0 Å². The molecule has 1 rings (SSSR count). The van der Waals surface area contributed by atoms with Crippen molar-refractivity contribution < 1.29 is 0 Å². The minimum absolute atomic E-state index is 0.428. The highest BCUT2D eigenvalue weighted by atomic mass is 15.1. The minimum atomic E-state index is 0.428. The number of hydrogen-bond acceptors (Lipinski definition) is 2. The lowest BCUT2D eigenvalue weighted by atomic mass is 9.90. The number of unbranched alkanes of at least 4 members (excludes halogenated alkanes) is 3. The zero-order valence-electron chi connectivity index (χ0n) is 13.2. The van der Waals surface area contributed by atoms with E-state index in [1.165, 1.54) is 38.5 Å². The van der Waals surface area contributed by atoms with Crippen LogP contribution in [0, 0.1) is 5.92 Å². The normalized spacial score (nSPS) is 14.6. The molecule has 2 unspecified atom stereocenters. The van der Waals surface area contributed by atoms with Gasteiger partial charge in [0.15, 0.2) is 0 Å². The Balaban J connectivity index is 2.38. The molecule has 0 amide bonds. The number of anilines is 1. The van der Waals surface area contributed by atoms with Crippen LogP contribution >= 0.6 is 0 Å². The average Bonchev–Trinajstić information content (AvgIpc) is 2.98. The summed E-state index contributed by atoms with van der Waals surface area (Å²) in [6, 6.07) is 0.428. The van der Waals surface area contributed by atoms with Crippen molar-refractivity contribution in [3.05, 3.63) is 12.5 Å². The number of H-pyrrole nitrogens is 1. The second kappa shape index (κ2) is 10.5. The van der Waals surface area contributed by atoms with Crippen molar-refractivity contribution in [2.45, 2.75) is 71.8 Å². The summed E-state index contributed by atoms with van der Waals surface area (Å²) >= 11 is 0. The van der Waals surface area contributed by atoms with Gasteiger partial charge in [-0.3, -0.25) is 4.99 Å². The summed E-state index contributed by atoms with van der Waals surface area (Å²) in [4.78, 5) is 11.7. The molecular formula is C16H30N4. The summed E-state index contributed by atoms with van der Waals surface area (Å²) < 4.78 is 0. The average molecular weight is 278 g/mol. The SMILES string of the molecule is CCCCCCC(CC)C(CC)N=CNc1cnc[nH]1. The van der Waals surface area contributed by atoms with Gasteiger partial charge in [-0.1, -0.05) is 52.9 Å². The van der Waals surface area contributed by atoms with Crippen molar-refractivity contribution in [1.82, 2.24) is 9.97 Å². The minimum Gasteiger partial charge on any atom is -0.332 e. The molecule has 0 fully saturated rings. The Kier molecular flexibility index (Phi) is 8.76. The maximum Gasteiger partial charge on any atom is 0.128 e. The van der Waals surface area contributed by atoms with Crippen molar-refractivity contribution >= 4 is 12.2 Å². The van der Waals surface area contributed by atoms with Gasteiger partial charge in [0.1, 0.15) is 5.82 Å². The predicted octanol–water partition coefficient (Wildman–Crippen LogP) is 4.63. The smallest absolute Gasteiger partial charge is 0.128 e. The van der Waals surface area contributed by atoms with Gasteiger partial charge in [-0.2, -0.15) is 0 Å². The van der Waals surface area contributed by atoms with E-state index in [1.807, 2.05) is 6.34 Å². The van der Waals surface area contributed by atoms with E-state index >= 15 is 0 Å². The highest BCUT2D eigenvalue weighted by molar-refractivity contribution is 5.73. The van der Waals surface area contributed by atoms with Crippen LogP contribution in [0.1, 0.15) is 65.7 Å². The monoisotopic (exact) mass is 278 g/mol. The Labute approximate surface area is 123 Å². The molecule has 0 aliphatic heterocycles.